The lowest BCUT2D eigenvalue weighted by Gasteiger charge is -2.19. The molecule has 0 saturated heterocycles. The molecule has 6 nitrogen and oxygen atoms in total. The van der Waals surface area contributed by atoms with Crippen LogP contribution in [-0.4, -0.2) is 35.7 Å². The largest absolute Gasteiger partial charge is 0.444 e. The van der Waals surface area contributed by atoms with Crippen LogP contribution in [0.4, 0.5) is 4.79 Å². The van der Waals surface area contributed by atoms with Gasteiger partial charge in [0.1, 0.15) is 5.60 Å². The molecule has 0 aliphatic rings. The van der Waals surface area contributed by atoms with Gasteiger partial charge in [-0.3, -0.25) is 4.79 Å². The Kier molecular flexibility index (Phi) is 5.26. The number of amides is 2. The molecule has 23 heavy (non-hydrogen) atoms. The van der Waals surface area contributed by atoms with Gasteiger partial charge in [-0.05, 0) is 38.8 Å². The van der Waals surface area contributed by atoms with E-state index in [-0.39, 0.29) is 12.5 Å². The number of hydrogen-bond donors (Lipinski definition) is 3. The number of alkyl carbamates (subject to hydrolysis) is 1. The molecule has 1 heterocycles. The summed E-state index contributed by atoms with van der Waals surface area (Å²) >= 11 is 0. The van der Waals surface area contributed by atoms with Gasteiger partial charge in [-0.2, -0.15) is 0 Å². The Balaban J connectivity index is 1.72. The van der Waals surface area contributed by atoms with Crippen LogP contribution in [0.15, 0.2) is 30.5 Å². The minimum Gasteiger partial charge on any atom is -0.444 e. The number of carbonyl (C=O) groups is 2. The van der Waals surface area contributed by atoms with Crippen LogP contribution in [0.3, 0.4) is 0 Å². The average molecular weight is 317 g/mol. The lowest BCUT2D eigenvalue weighted by molar-refractivity contribution is -0.120. The lowest BCUT2D eigenvalue weighted by atomic mass is 10.1. The normalized spacial score (nSPS) is 11.3. The fourth-order valence-corrected chi connectivity index (χ4v) is 2.20. The second-order valence-corrected chi connectivity index (χ2v) is 6.31. The summed E-state index contributed by atoms with van der Waals surface area (Å²) in [4.78, 5) is 26.4. The highest BCUT2D eigenvalue weighted by Crippen LogP contribution is 2.17. The third kappa shape index (κ3) is 5.32. The van der Waals surface area contributed by atoms with E-state index in [1.54, 1.807) is 20.8 Å². The summed E-state index contributed by atoms with van der Waals surface area (Å²) in [7, 11) is 0. The van der Waals surface area contributed by atoms with E-state index < -0.39 is 11.7 Å². The molecule has 1 aromatic carbocycles. The first kappa shape index (κ1) is 16.9. The zero-order valence-corrected chi connectivity index (χ0v) is 13.7. The number of aromatic amines is 1. The van der Waals surface area contributed by atoms with Gasteiger partial charge in [0.05, 0.1) is 6.54 Å². The lowest BCUT2D eigenvalue weighted by Crippen LogP contribution is -2.40. The van der Waals surface area contributed by atoms with E-state index in [4.69, 9.17) is 4.74 Å². The molecular formula is C17H23N3O3. The highest BCUT2D eigenvalue weighted by molar-refractivity contribution is 5.84. The molecule has 0 radical (unpaired) electrons. The number of nitrogens with one attached hydrogen (secondary N) is 3. The van der Waals surface area contributed by atoms with Crippen molar-refractivity contribution in [3.8, 4) is 0 Å². The summed E-state index contributed by atoms with van der Waals surface area (Å²) in [5.41, 5.74) is 1.66. The Morgan fingerprint density at radius 1 is 1.17 bits per heavy atom. The predicted octanol–water partition coefficient (Wildman–Crippen LogP) is 2.35. The van der Waals surface area contributed by atoms with E-state index in [0.29, 0.717) is 6.54 Å². The van der Waals surface area contributed by atoms with Crippen LogP contribution in [0.2, 0.25) is 0 Å². The molecule has 0 unspecified atom stereocenters. The molecule has 3 N–H and O–H groups in total. The third-order valence-electron chi connectivity index (χ3n) is 3.18. The van der Waals surface area contributed by atoms with Crippen molar-refractivity contribution in [2.45, 2.75) is 32.8 Å². The van der Waals surface area contributed by atoms with Crippen molar-refractivity contribution < 1.29 is 14.3 Å². The van der Waals surface area contributed by atoms with Crippen LogP contribution in [-0.2, 0) is 16.0 Å². The summed E-state index contributed by atoms with van der Waals surface area (Å²) in [6, 6.07) is 8.03. The molecule has 2 rings (SSSR count). The van der Waals surface area contributed by atoms with Crippen molar-refractivity contribution in [2.75, 3.05) is 13.1 Å². The SMILES string of the molecule is CC(C)(C)OC(=O)NCC(=O)NCCc1c[nH]c2ccccc12. The molecule has 2 amide bonds. The minimum absolute atomic E-state index is 0.0944. The van der Waals surface area contributed by atoms with Crippen molar-refractivity contribution in [1.82, 2.24) is 15.6 Å². The average Bonchev–Trinajstić information content (AvgIpc) is 2.87. The summed E-state index contributed by atoms with van der Waals surface area (Å²) in [6.45, 7) is 5.73. The number of rotatable bonds is 5. The molecular weight excluding hydrogens is 294 g/mol. The number of benzene rings is 1. The molecule has 2 aromatic rings. The molecule has 0 spiro atoms. The summed E-state index contributed by atoms with van der Waals surface area (Å²) in [5.74, 6) is -0.240. The van der Waals surface area contributed by atoms with Crippen LogP contribution >= 0.6 is 0 Å². The summed E-state index contributed by atoms with van der Waals surface area (Å²) in [5, 5.41) is 6.37. The molecule has 0 aliphatic heterocycles. The number of para-hydroxylation sites is 1. The highest BCUT2D eigenvalue weighted by atomic mass is 16.6. The van der Waals surface area contributed by atoms with Gasteiger partial charge in [0.15, 0.2) is 0 Å². The molecule has 6 heteroatoms. The monoisotopic (exact) mass is 317 g/mol. The minimum atomic E-state index is -0.593. The number of H-pyrrole nitrogens is 1. The van der Waals surface area contributed by atoms with Crippen molar-refractivity contribution in [2.24, 2.45) is 0 Å². The number of aromatic nitrogens is 1. The van der Waals surface area contributed by atoms with Crippen LogP contribution in [0, 0.1) is 0 Å². The topological polar surface area (TPSA) is 83.2 Å². The van der Waals surface area contributed by atoms with E-state index in [1.165, 1.54) is 0 Å². The first-order valence-electron chi connectivity index (χ1n) is 7.64. The van der Waals surface area contributed by atoms with Crippen molar-refractivity contribution in [3.63, 3.8) is 0 Å². The van der Waals surface area contributed by atoms with Crippen LogP contribution in [0.1, 0.15) is 26.3 Å². The number of hydrogen-bond acceptors (Lipinski definition) is 3. The van der Waals surface area contributed by atoms with Gasteiger partial charge in [0, 0.05) is 23.6 Å². The maximum Gasteiger partial charge on any atom is 0.408 e. The molecule has 0 saturated carbocycles. The fourth-order valence-electron chi connectivity index (χ4n) is 2.20. The first-order chi connectivity index (χ1) is 10.8. The fraction of sp³-hybridized carbons (Fsp3) is 0.412. The number of ether oxygens (including phenoxy) is 1. The molecule has 0 aliphatic carbocycles. The zero-order chi connectivity index (χ0) is 16.9. The van der Waals surface area contributed by atoms with Gasteiger partial charge in [0.2, 0.25) is 5.91 Å². The Labute approximate surface area is 135 Å². The number of fused-ring (bicyclic) bond motifs is 1. The standard InChI is InChI=1S/C17H23N3O3/c1-17(2,3)23-16(22)20-11-15(21)18-9-8-12-10-19-14-7-5-4-6-13(12)14/h4-7,10,19H,8-9,11H2,1-3H3,(H,18,21)(H,20,22). The van der Waals surface area contributed by atoms with Gasteiger partial charge in [0.25, 0.3) is 0 Å². The van der Waals surface area contributed by atoms with Gasteiger partial charge < -0.3 is 20.4 Å². The number of carbonyl (C=O) groups excluding carboxylic acids is 2. The van der Waals surface area contributed by atoms with Crippen LogP contribution in [0.5, 0.6) is 0 Å². The van der Waals surface area contributed by atoms with E-state index >= 15 is 0 Å². The molecule has 0 fully saturated rings. The smallest absolute Gasteiger partial charge is 0.408 e. The van der Waals surface area contributed by atoms with E-state index in [1.807, 2.05) is 30.5 Å². The van der Waals surface area contributed by atoms with Gasteiger partial charge >= 0.3 is 6.09 Å². The third-order valence-corrected chi connectivity index (χ3v) is 3.18. The van der Waals surface area contributed by atoms with E-state index in [9.17, 15) is 9.59 Å². The summed E-state index contributed by atoms with van der Waals surface area (Å²) in [6.07, 6.45) is 2.09. The second kappa shape index (κ2) is 7.17. The first-order valence-corrected chi connectivity index (χ1v) is 7.64. The molecule has 0 bridgehead atoms. The van der Waals surface area contributed by atoms with Crippen molar-refractivity contribution in [3.05, 3.63) is 36.0 Å². The summed E-state index contributed by atoms with van der Waals surface area (Å²) < 4.78 is 5.07. The van der Waals surface area contributed by atoms with Gasteiger partial charge in [-0.25, -0.2) is 4.79 Å². The van der Waals surface area contributed by atoms with Crippen LogP contribution in [0.25, 0.3) is 10.9 Å². The van der Waals surface area contributed by atoms with E-state index in [0.717, 1.165) is 22.9 Å². The quantitative estimate of drug-likeness (QED) is 0.791. The molecule has 0 atom stereocenters. The predicted molar refractivity (Wildman–Crippen MR) is 89.2 cm³/mol. The van der Waals surface area contributed by atoms with Crippen molar-refractivity contribution >= 4 is 22.9 Å². The Bertz CT molecular complexity index is 686. The van der Waals surface area contributed by atoms with E-state index in [2.05, 4.69) is 15.6 Å². The van der Waals surface area contributed by atoms with Crippen LogP contribution < -0.4 is 10.6 Å². The van der Waals surface area contributed by atoms with Gasteiger partial charge in [-0.15, -0.1) is 0 Å². The maximum atomic E-state index is 11.7. The maximum absolute atomic E-state index is 11.7. The highest BCUT2D eigenvalue weighted by Gasteiger charge is 2.16. The zero-order valence-electron chi connectivity index (χ0n) is 13.7. The Hall–Kier alpha value is -2.50. The Morgan fingerprint density at radius 3 is 2.65 bits per heavy atom. The second-order valence-electron chi connectivity index (χ2n) is 6.31. The molecule has 124 valence electrons. The molecule has 1 aromatic heterocycles. The van der Waals surface area contributed by atoms with Gasteiger partial charge in [-0.1, -0.05) is 18.2 Å². The Morgan fingerprint density at radius 2 is 1.91 bits per heavy atom. The van der Waals surface area contributed by atoms with Crippen molar-refractivity contribution in [1.29, 1.82) is 0 Å².